The van der Waals surface area contributed by atoms with Gasteiger partial charge in [0.15, 0.2) is 5.82 Å². The largest absolute Gasteiger partial charge is 0.263 e. The van der Waals surface area contributed by atoms with Gasteiger partial charge in [-0.25, -0.2) is 9.97 Å². The van der Waals surface area contributed by atoms with Gasteiger partial charge in [0, 0.05) is 45.4 Å². The maximum absolute atomic E-state index is 5.36. The fourth-order valence-corrected chi connectivity index (χ4v) is 9.17. The SMILES string of the molecule is c1ccc2c(c#1)cc(-c1cccc(-c3cc(-c4ccc(-c5cncc6ccccc56)cc4)nc(-c4cccc(-c5cc6ccccc6c6ccccc56)c4)n3)c1)c1ccccc12. The first-order valence-corrected chi connectivity index (χ1v) is 20.9. The zero-order valence-corrected chi connectivity index (χ0v) is 33.5. The highest BCUT2D eigenvalue weighted by molar-refractivity contribution is 6.15. The van der Waals surface area contributed by atoms with Crippen LogP contribution in [-0.4, -0.2) is 15.0 Å². The van der Waals surface area contributed by atoms with Crippen LogP contribution in [0.25, 0.3) is 121 Å². The highest BCUT2D eigenvalue weighted by atomic mass is 14.9. The monoisotopic (exact) mass is 785 g/mol. The molecule has 0 spiro atoms. The Bertz CT molecular complexity index is 3510. The first-order chi connectivity index (χ1) is 30.7. The standard InChI is InChI=1S/C59H35N3/c1-4-20-47-42(13-1)33-54(52-25-9-7-23-50(47)52)40-16-11-18-44(31-40)58-35-57(39-29-27-38(28-30-39)56-37-60-36-46-15-3-6-22-49(46)56)61-59(62-58)45-19-12-17-41(32-45)55-34-43-14-2-5-21-48(43)51-24-8-10-26-53(51)55/h2-12,14-37H. The third-order valence-electron chi connectivity index (χ3n) is 12.2. The molecule has 0 aliphatic heterocycles. The summed E-state index contributed by atoms with van der Waals surface area (Å²) < 4.78 is 0. The molecule has 12 rings (SSSR count). The molecule has 286 valence electrons. The van der Waals surface area contributed by atoms with Gasteiger partial charge in [-0.1, -0.05) is 170 Å². The van der Waals surface area contributed by atoms with Gasteiger partial charge in [0.25, 0.3) is 0 Å². The maximum atomic E-state index is 5.36. The van der Waals surface area contributed by atoms with Crippen molar-refractivity contribution in [2.45, 2.75) is 0 Å². The Labute approximate surface area is 359 Å². The van der Waals surface area contributed by atoms with Gasteiger partial charge in [-0.15, -0.1) is 0 Å². The molecule has 3 heteroatoms. The van der Waals surface area contributed by atoms with Crippen LogP contribution in [-0.2, 0) is 0 Å². The van der Waals surface area contributed by atoms with Crippen molar-refractivity contribution in [3.8, 4) is 67.3 Å². The Hall–Kier alpha value is -8.45. The third-order valence-corrected chi connectivity index (χ3v) is 12.2. The van der Waals surface area contributed by atoms with E-state index in [0.29, 0.717) is 5.82 Å². The van der Waals surface area contributed by atoms with E-state index in [0.717, 1.165) is 66.7 Å². The summed E-state index contributed by atoms with van der Waals surface area (Å²) in [6.07, 6.45) is 3.87. The molecule has 0 amide bonds. The van der Waals surface area contributed by atoms with E-state index in [1.807, 2.05) is 18.5 Å². The first kappa shape index (κ1) is 35.5. The van der Waals surface area contributed by atoms with Crippen molar-refractivity contribution in [3.63, 3.8) is 0 Å². The average molecular weight is 786 g/mol. The topological polar surface area (TPSA) is 38.7 Å². The zero-order valence-electron chi connectivity index (χ0n) is 33.5. The molecular formula is C59H35N3. The molecule has 0 radical (unpaired) electrons. The second-order valence-corrected chi connectivity index (χ2v) is 15.8. The Morgan fingerprint density at radius 1 is 0.323 bits per heavy atom. The van der Waals surface area contributed by atoms with Crippen molar-refractivity contribution in [1.29, 1.82) is 0 Å². The van der Waals surface area contributed by atoms with Gasteiger partial charge in [-0.3, -0.25) is 4.98 Å². The number of pyridine rings is 1. The summed E-state index contributed by atoms with van der Waals surface area (Å²) in [4.78, 5) is 15.2. The van der Waals surface area contributed by atoms with E-state index >= 15 is 0 Å². The Kier molecular flexibility index (Phi) is 8.40. The summed E-state index contributed by atoms with van der Waals surface area (Å²) in [5, 5.41) is 11.8. The number of aromatic nitrogens is 3. The lowest BCUT2D eigenvalue weighted by molar-refractivity contribution is 1.18. The molecule has 2 aromatic heterocycles. The molecule has 12 aromatic rings. The lowest BCUT2D eigenvalue weighted by Crippen LogP contribution is -1.97. The lowest BCUT2D eigenvalue weighted by atomic mass is 9.92. The molecule has 0 saturated carbocycles. The van der Waals surface area contributed by atoms with Crippen LogP contribution >= 0.6 is 0 Å². The predicted molar refractivity (Wildman–Crippen MR) is 258 cm³/mol. The van der Waals surface area contributed by atoms with Gasteiger partial charge in [0.2, 0.25) is 0 Å². The number of rotatable bonds is 6. The Morgan fingerprint density at radius 2 is 0.887 bits per heavy atom. The Balaban J connectivity index is 1.02. The fraction of sp³-hybridized carbons (Fsp3) is 0. The van der Waals surface area contributed by atoms with E-state index in [1.165, 1.54) is 48.7 Å². The van der Waals surface area contributed by atoms with E-state index in [-0.39, 0.29) is 0 Å². The second-order valence-electron chi connectivity index (χ2n) is 15.8. The molecule has 0 fully saturated rings. The molecule has 0 unspecified atom stereocenters. The first-order valence-electron chi connectivity index (χ1n) is 20.9. The van der Waals surface area contributed by atoms with Crippen LogP contribution in [0.4, 0.5) is 0 Å². The van der Waals surface area contributed by atoms with Crippen molar-refractivity contribution in [2.75, 3.05) is 0 Å². The Morgan fingerprint density at radius 3 is 1.65 bits per heavy atom. The van der Waals surface area contributed by atoms with Crippen molar-refractivity contribution < 1.29 is 0 Å². The van der Waals surface area contributed by atoms with E-state index in [9.17, 15) is 0 Å². The van der Waals surface area contributed by atoms with Crippen molar-refractivity contribution in [1.82, 2.24) is 15.0 Å². The fourth-order valence-electron chi connectivity index (χ4n) is 9.17. The van der Waals surface area contributed by atoms with E-state index in [2.05, 4.69) is 211 Å². The number of hydrogen-bond acceptors (Lipinski definition) is 3. The minimum absolute atomic E-state index is 0.665. The summed E-state index contributed by atoms with van der Waals surface area (Å²) in [6, 6.07) is 77.6. The van der Waals surface area contributed by atoms with Gasteiger partial charge in [-0.05, 0) is 113 Å². The molecule has 0 atom stereocenters. The molecule has 0 saturated heterocycles. The molecule has 3 nitrogen and oxygen atoms in total. The second kappa shape index (κ2) is 14.7. The predicted octanol–water partition coefficient (Wildman–Crippen LogP) is 15.2. The molecular weight excluding hydrogens is 751 g/mol. The lowest BCUT2D eigenvalue weighted by Gasteiger charge is -2.14. The van der Waals surface area contributed by atoms with Crippen LogP contribution in [0.1, 0.15) is 0 Å². The summed E-state index contributed by atoms with van der Waals surface area (Å²) in [7, 11) is 0. The van der Waals surface area contributed by atoms with E-state index in [4.69, 9.17) is 9.97 Å². The van der Waals surface area contributed by atoms with Gasteiger partial charge in [-0.2, -0.15) is 0 Å². The van der Waals surface area contributed by atoms with Gasteiger partial charge in [0.05, 0.1) is 11.4 Å². The number of benzene rings is 9. The van der Waals surface area contributed by atoms with Crippen LogP contribution < -0.4 is 0 Å². The van der Waals surface area contributed by atoms with Crippen LogP contribution in [0.5, 0.6) is 0 Å². The zero-order chi connectivity index (χ0) is 41.0. The molecule has 0 bridgehead atoms. The maximum Gasteiger partial charge on any atom is 0.160 e. The van der Waals surface area contributed by atoms with Gasteiger partial charge < -0.3 is 0 Å². The smallest absolute Gasteiger partial charge is 0.160 e. The van der Waals surface area contributed by atoms with Crippen LogP contribution in [0.3, 0.4) is 0 Å². The molecule has 62 heavy (non-hydrogen) atoms. The van der Waals surface area contributed by atoms with Crippen molar-refractivity contribution >= 4 is 53.9 Å². The van der Waals surface area contributed by atoms with Gasteiger partial charge >= 0.3 is 0 Å². The van der Waals surface area contributed by atoms with Gasteiger partial charge in [0.1, 0.15) is 0 Å². The molecule has 0 aliphatic carbocycles. The summed E-state index contributed by atoms with van der Waals surface area (Å²) in [5.74, 6) is 0.665. The highest BCUT2D eigenvalue weighted by Crippen LogP contribution is 2.39. The van der Waals surface area contributed by atoms with E-state index < -0.39 is 0 Å². The number of hydrogen-bond donors (Lipinski definition) is 0. The minimum Gasteiger partial charge on any atom is -0.263 e. The number of nitrogens with zero attached hydrogens (tertiary/aromatic N) is 3. The van der Waals surface area contributed by atoms with E-state index in [1.54, 1.807) is 0 Å². The average Bonchev–Trinajstić information content (AvgIpc) is 3.35. The van der Waals surface area contributed by atoms with Crippen molar-refractivity contribution in [3.05, 3.63) is 225 Å². The molecule has 10 aromatic carbocycles. The molecule has 0 aliphatic rings. The normalized spacial score (nSPS) is 11.4. The number of fused-ring (bicyclic) bond motifs is 7. The third kappa shape index (κ3) is 6.13. The quantitative estimate of drug-likeness (QED) is 0.158. The molecule has 0 N–H and O–H groups in total. The molecule has 2 heterocycles. The summed E-state index contributed by atoms with van der Waals surface area (Å²) in [6.45, 7) is 0. The highest BCUT2D eigenvalue weighted by Gasteiger charge is 2.16. The summed E-state index contributed by atoms with van der Waals surface area (Å²) >= 11 is 0. The van der Waals surface area contributed by atoms with Crippen LogP contribution in [0, 0.1) is 12.1 Å². The summed E-state index contributed by atoms with van der Waals surface area (Å²) in [5.41, 5.74) is 11.4. The minimum atomic E-state index is 0.665. The van der Waals surface area contributed by atoms with Crippen molar-refractivity contribution in [2.24, 2.45) is 0 Å². The van der Waals surface area contributed by atoms with Crippen LogP contribution in [0.15, 0.2) is 213 Å². The van der Waals surface area contributed by atoms with Crippen LogP contribution in [0.2, 0.25) is 0 Å².